The molecule has 31 heavy (non-hydrogen) atoms. The Balaban J connectivity index is 1.42. The quantitative estimate of drug-likeness (QED) is 0.771. The largest absolute Gasteiger partial charge is 0.330 e. The van der Waals surface area contributed by atoms with E-state index in [2.05, 4.69) is 6.07 Å². The lowest BCUT2D eigenvalue weighted by Crippen LogP contribution is -2.57. The van der Waals surface area contributed by atoms with E-state index in [0.717, 1.165) is 0 Å². The van der Waals surface area contributed by atoms with E-state index in [4.69, 9.17) is 5.73 Å². The van der Waals surface area contributed by atoms with Crippen molar-refractivity contribution in [3.05, 3.63) is 35.6 Å². The van der Waals surface area contributed by atoms with Crippen molar-refractivity contribution >= 4 is 11.8 Å². The molecule has 2 amide bonds. The number of piperazine rings is 1. The average molecular weight is 428 g/mol. The molecule has 3 aliphatic heterocycles. The van der Waals surface area contributed by atoms with Gasteiger partial charge in [-0.3, -0.25) is 14.5 Å². The maximum atomic E-state index is 14.2. The number of nitriles is 1. The Kier molecular flexibility index (Phi) is 5.75. The third kappa shape index (κ3) is 3.60. The van der Waals surface area contributed by atoms with Crippen molar-refractivity contribution < 1.29 is 14.0 Å². The molecule has 0 aromatic heterocycles. The molecule has 7 atom stereocenters. The van der Waals surface area contributed by atoms with Crippen LogP contribution in [0.15, 0.2) is 24.3 Å². The Labute approximate surface area is 182 Å². The first-order valence-corrected chi connectivity index (χ1v) is 11.0. The zero-order valence-electron chi connectivity index (χ0n) is 18.2. The molecule has 7 nitrogen and oxygen atoms in total. The molecule has 1 aromatic carbocycles. The standard InChI is InChI=1S/C23H30FN5O2/c1-13-8-16(10-25)28(14(13)2)22(30)20(26)12-27-11-17-9-21(27)23(31)29(17)15(3)18-6-4-5-7-19(18)24/h4-7,13-17,20-21H,8-9,11-12,26H2,1-3H3. The normalized spacial score (nSPS) is 32.4. The van der Waals surface area contributed by atoms with Gasteiger partial charge in [-0.25, -0.2) is 4.39 Å². The molecule has 7 unspecified atom stereocenters. The van der Waals surface area contributed by atoms with Gasteiger partial charge in [0.25, 0.3) is 0 Å². The number of fused-ring (bicyclic) bond motifs is 2. The van der Waals surface area contributed by atoms with Crippen LogP contribution in [0.3, 0.4) is 0 Å². The monoisotopic (exact) mass is 427 g/mol. The van der Waals surface area contributed by atoms with E-state index in [-0.39, 0.29) is 54.3 Å². The van der Waals surface area contributed by atoms with E-state index in [1.807, 2.05) is 25.7 Å². The smallest absolute Gasteiger partial charge is 0.242 e. The predicted molar refractivity (Wildman–Crippen MR) is 113 cm³/mol. The first-order valence-electron chi connectivity index (χ1n) is 11.0. The molecule has 166 valence electrons. The van der Waals surface area contributed by atoms with Crippen molar-refractivity contribution in [3.63, 3.8) is 0 Å². The predicted octanol–water partition coefficient (Wildman–Crippen LogP) is 1.65. The fraction of sp³-hybridized carbons (Fsp3) is 0.609. The number of nitrogens with zero attached hydrogens (tertiary/aromatic N) is 4. The summed E-state index contributed by atoms with van der Waals surface area (Å²) in [5.41, 5.74) is 6.78. The Morgan fingerprint density at radius 1 is 1.32 bits per heavy atom. The van der Waals surface area contributed by atoms with Crippen molar-refractivity contribution in [1.82, 2.24) is 14.7 Å². The molecular weight excluding hydrogens is 397 g/mol. The van der Waals surface area contributed by atoms with E-state index in [1.54, 1.807) is 28.0 Å². The van der Waals surface area contributed by atoms with Crippen molar-refractivity contribution in [1.29, 1.82) is 5.26 Å². The maximum absolute atomic E-state index is 14.2. The fourth-order valence-electron chi connectivity index (χ4n) is 5.57. The van der Waals surface area contributed by atoms with Gasteiger partial charge < -0.3 is 15.5 Å². The van der Waals surface area contributed by atoms with Crippen LogP contribution in [0.4, 0.5) is 4.39 Å². The van der Waals surface area contributed by atoms with Gasteiger partial charge in [0.2, 0.25) is 11.8 Å². The molecule has 0 spiro atoms. The molecule has 1 aromatic rings. The minimum absolute atomic E-state index is 0.0213. The number of benzene rings is 1. The maximum Gasteiger partial charge on any atom is 0.242 e. The van der Waals surface area contributed by atoms with Crippen LogP contribution in [0, 0.1) is 23.1 Å². The number of halogens is 1. The van der Waals surface area contributed by atoms with E-state index < -0.39 is 12.1 Å². The highest BCUT2D eigenvalue weighted by Crippen LogP contribution is 2.38. The fourth-order valence-corrected chi connectivity index (χ4v) is 5.57. The third-order valence-corrected chi connectivity index (χ3v) is 7.43. The number of carbonyl (C=O) groups excluding carboxylic acids is 2. The molecule has 3 heterocycles. The highest BCUT2D eigenvalue weighted by Gasteiger charge is 2.52. The Bertz CT molecular complexity index is 917. The molecule has 8 heteroatoms. The molecule has 3 saturated heterocycles. The molecule has 0 radical (unpaired) electrons. The topological polar surface area (TPSA) is 93.7 Å². The summed E-state index contributed by atoms with van der Waals surface area (Å²) < 4.78 is 14.2. The Morgan fingerprint density at radius 2 is 2.03 bits per heavy atom. The second kappa shape index (κ2) is 8.21. The Hall–Kier alpha value is -2.50. The van der Waals surface area contributed by atoms with E-state index in [0.29, 0.717) is 24.9 Å². The summed E-state index contributed by atoms with van der Waals surface area (Å²) in [6.07, 6.45) is 1.32. The SMILES string of the molecule is CC1CC(C#N)N(C(=O)C(N)CN2CC3CC2C(=O)N3C(C)c2ccccc2F)C1C. The lowest BCUT2D eigenvalue weighted by molar-refractivity contribution is -0.141. The number of carbonyl (C=O) groups is 2. The highest BCUT2D eigenvalue weighted by molar-refractivity contribution is 5.87. The van der Waals surface area contributed by atoms with Gasteiger partial charge >= 0.3 is 0 Å². The van der Waals surface area contributed by atoms with Gasteiger partial charge in [0.1, 0.15) is 11.9 Å². The van der Waals surface area contributed by atoms with Gasteiger partial charge in [0.05, 0.1) is 24.2 Å². The zero-order valence-corrected chi connectivity index (χ0v) is 18.2. The van der Waals surface area contributed by atoms with Crippen LogP contribution in [-0.4, -0.2) is 69.8 Å². The summed E-state index contributed by atoms with van der Waals surface area (Å²) in [5.74, 6) is -0.324. The third-order valence-electron chi connectivity index (χ3n) is 7.43. The summed E-state index contributed by atoms with van der Waals surface area (Å²) in [7, 11) is 0. The molecule has 4 rings (SSSR count). The van der Waals surface area contributed by atoms with E-state index in [1.165, 1.54) is 6.07 Å². The van der Waals surface area contributed by atoms with Gasteiger partial charge in [-0.05, 0) is 38.7 Å². The number of rotatable bonds is 5. The van der Waals surface area contributed by atoms with Crippen LogP contribution in [-0.2, 0) is 9.59 Å². The zero-order chi connectivity index (χ0) is 22.4. The summed E-state index contributed by atoms with van der Waals surface area (Å²) in [6.45, 7) is 6.75. The van der Waals surface area contributed by atoms with Gasteiger partial charge in [0.15, 0.2) is 0 Å². The number of hydrogen-bond acceptors (Lipinski definition) is 5. The molecule has 2 bridgehead atoms. The first kappa shape index (κ1) is 21.7. The first-order chi connectivity index (χ1) is 14.7. The second-order valence-electron chi connectivity index (χ2n) is 9.25. The Morgan fingerprint density at radius 3 is 2.68 bits per heavy atom. The highest BCUT2D eigenvalue weighted by atomic mass is 19.1. The van der Waals surface area contributed by atoms with E-state index >= 15 is 0 Å². The van der Waals surface area contributed by atoms with Crippen molar-refractivity contribution in [2.75, 3.05) is 13.1 Å². The van der Waals surface area contributed by atoms with Crippen LogP contribution < -0.4 is 5.73 Å². The number of nitrogens with two attached hydrogens (primary N) is 1. The second-order valence-corrected chi connectivity index (χ2v) is 9.25. The van der Waals surface area contributed by atoms with Crippen LogP contribution in [0.1, 0.15) is 45.2 Å². The van der Waals surface area contributed by atoms with Crippen molar-refractivity contribution in [2.45, 2.75) is 69.9 Å². The lowest BCUT2D eigenvalue weighted by atomic mass is 10.0. The summed E-state index contributed by atoms with van der Waals surface area (Å²) >= 11 is 0. The molecule has 3 fully saturated rings. The molecule has 0 saturated carbocycles. The van der Waals surface area contributed by atoms with Gasteiger partial charge in [-0.1, -0.05) is 25.1 Å². The van der Waals surface area contributed by atoms with Crippen LogP contribution >= 0.6 is 0 Å². The molecule has 2 N–H and O–H groups in total. The minimum Gasteiger partial charge on any atom is -0.330 e. The van der Waals surface area contributed by atoms with Gasteiger partial charge in [0, 0.05) is 30.7 Å². The number of amides is 2. The lowest BCUT2D eigenvalue weighted by Gasteiger charge is -2.39. The minimum atomic E-state index is -0.784. The van der Waals surface area contributed by atoms with Gasteiger partial charge in [-0.15, -0.1) is 0 Å². The van der Waals surface area contributed by atoms with Gasteiger partial charge in [-0.2, -0.15) is 5.26 Å². The molecule has 0 aliphatic carbocycles. The molecule has 3 aliphatic rings. The van der Waals surface area contributed by atoms with Crippen LogP contribution in [0.2, 0.25) is 0 Å². The van der Waals surface area contributed by atoms with E-state index in [9.17, 15) is 19.2 Å². The van der Waals surface area contributed by atoms with Crippen LogP contribution in [0.25, 0.3) is 0 Å². The van der Waals surface area contributed by atoms with Crippen molar-refractivity contribution in [3.8, 4) is 6.07 Å². The molecular formula is C23H30FN5O2. The van der Waals surface area contributed by atoms with Crippen molar-refractivity contribution in [2.24, 2.45) is 11.7 Å². The summed E-state index contributed by atoms with van der Waals surface area (Å²) in [5, 5.41) is 9.43. The number of hydrogen-bond donors (Lipinski definition) is 1. The average Bonchev–Trinajstić information content (AvgIpc) is 3.38. The summed E-state index contributed by atoms with van der Waals surface area (Å²) in [4.78, 5) is 31.5. The van der Waals surface area contributed by atoms with Crippen LogP contribution in [0.5, 0.6) is 0 Å². The number of likely N-dealkylation sites (tertiary alicyclic amines) is 3. The summed E-state index contributed by atoms with van der Waals surface area (Å²) in [6, 6.07) is 6.81.